The van der Waals surface area contributed by atoms with Crippen LogP contribution in [0, 0.1) is 5.92 Å². The number of carbonyl (C=O) groups is 9. The third-order valence-corrected chi connectivity index (χ3v) is 14.2. The van der Waals surface area contributed by atoms with Gasteiger partial charge in [0.05, 0.1) is 12.5 Å². The average molecular weight is 1050 g/mol. The normalized spacial score (nSPS) is 21.6. The van der Waals surface area contributed by atoms with Crippen molar-refractivity contribution in [3.05, 3.63) is 102 Å². The van der Waals surface area contributed by atoms with E-state index in [0.29, 0.717) is 16.7 Å². The van der Waals surface area contributed by atoms with Gasteiger partial charge in [0, 0.05) is 47.9 Å². The summed E-state index contributed by atoms with van der Waals surface area (Å²) in [6, 6.07) is 10.0. The number of carboxylic acid groups (broad SMARTS) is 2. The summed E-state index contributed by atoms with van der Waals surface area (Å²) in [4.78, 5) is 127. The summed E-state index contributed by atoms with van der Waals surface area (Å²) in [7, 11) is 1.88. The number of aromatic hydroxyl groups is 1. The van der Waals surface area contributed by atoms with Gasteiger partial charge in [-0.25, -0.2) is 4.79 Å². The van der Waals surface area contributed by atoms with Crippen LogP contribution in [0.25, 0.3) is 10.9 Å². The number of benzene rings is 3. The third-order valence-electron chi connectivity index (χ3n) is 11.8. The van der Waals surface area contributed by atoms with E-state index in [1.165, 1.54) is 24.3 Å². The Hall–Kier alpha value is -7.15. The number of aromatic nitrogens is 1. The number of carbonyl (C=O) groups excluding carboxylic acids is 7. The van der Waals surface area contributed by atoms with Crippen molar-refractivity contribution in [2.24, 2.45) is 17.4 Å². The number of phenolic OH excluding ortho intramolecular Hbond substituents is 1. The molecule has 0 aliphatic carbocycles. The molecule has 8 atom stereocenters. The highest BCUT2D eigenvalue weighted by atomic mass is 33.1. The van der Waals surface area contributed by atoms with Crippen molar-refractivity contribution in [2.45, 2.75) is 101 Å². The Bertz CT molecular complexity index is 2580. The Kier molecular flexibility index (Phi) is 21.5. The number of fused-ring (bicyclic) bond motifs is 1. The standard InChI is InChI=1S/C49H62N10O12S2/c1-26(2)41(49(70)71)59-48(69)39-25-73-72-24-38(57-42(63)32(51)22-40(61)62)47(68)55-35(19-27-9-4-3-5-10-27)44(65)56-37(21-29-23-52-33-12-7-6-11-31(29)33)46(67)53-34(13-8-18-50)43(64)54-36(45(66)58-39)20-28-14-16-30(60)17-15-28/h3-7,9-12,14-17,23,26,32,34-39,41,52,60H,8,13,18-22,24-25,50-51H2,1-2H3,(H,53,67)(H,54,64)(H,55,68)(H,56,65)(H,57,63)(H,58,66)(H,59,69)(H,61,62)(H,70,71)/t32-,34-,35-,36-,37+,38+,39-,41-/m0/s1. The monoisotopic (exact) mass is 1050 g/mol. The fourth-order valence-corrected chi connectivity index (χ4v) is 10.1. The first-order valence-corrected chi connectivity index (χ1v) is 26.0. The van der Waals surface area contributed by atoms with E-state index in [2.05, 4.69) is 42.2 Å². The van der Waals surface area contributed by atoms with E-state index in [9.17, 15) is 58.5 Å². The molecule has 22 nitrogen and oxygen atoms in total. The summed E-state index contributed by atoms with van der Waals surface area (Å²) in [5.74, 6) is -10.2. The molecule has 392 valence electrons. The number of carboxylic acids is 2. The van der Waals surface area contributed by atoms with Gasteiger partial charge in [0.1, 0.15) is 48.0 Å². The molecule has 7 amide bonds. The number of H-pyrrole nitrogens is 1. The van der Waals surface area contributed by atoms with E-state index in [0.717, 1.165) is 32.5 Å². The Balaban J connectivity index is 1.61. The van der Waals surface area contributed by atoms with E-state index in [1.807, 2.05) is 18.2 Å². The Morgan fingerprint density at radius 3 is 1.86 bits per heavy atom. The molecule has 1 fully saturated rings. The highest BCUT2D eigenvalue weighted by molar-refractivity contribution is 8.76. The zero-order valence-electron chi connectivity index (χ0n) is 40.1. The summed E-state index contributed by atoms with van der Waals surface area (Å²) < 4.78 is 0. The molecule has 15 N–H and O–H groups in total. The number of amides is 7. The van der Waals surface area contributed by atoms with E-state index in [1.54, 1.807) is 56.4 Å². The molecule has 0 saturated carbocycles. The second kappa shape index (κ2) is 27.6. The minimum atomic E-state index is -1.59. The van der Waals surface area contributed by atoms with Crippen LogP contribution in [0.15, 0.2) is 85.1 Å². The van der Waals surface area contributed by atoms with Gasteiger partial charge in [-0.15, -0.1) is 0 Å². The summed E-state index contributed by atoms with van der Waals surface area (Å²) in [6.45, 7) is 3.24. The number of aliphatic carboxylic acids is 2. The number of hydrogen-bond donors (Lipinski definition) is 13. The highest BCUT2D eigenvalue weighted by Gasteiger charge is 2.36. The van der Waals surface area contributed by atoms with Gasteiger partial charge in [-0.05, 0) is 60.2 Å². The van der Waals surface area contributed by atoms with Crippen LogP contribution >= 0.6 is 21.6 Å². The number of phenols is 1. The van der Waals surface area contributed by atoms with Gasteiger partial charge in [-0.1, -0.05) is 96.1 Å². The largest absolute Gasteiger partial charge is 0.508 e. The predicted octanol–water partition coefficient (Wildman–Crippen LogP) is -0.0285. The Morgan fingerprint density at radius 1 is 0.699 bits per heavy atom. The van der Waals surface area contributed by atoms with Crippen LogP contribution in [-0.2, 0) is 62.4 Å². The number of aromatic amines is 1. The first-order chi connectivity index (χ1) is 34.8. The number of hydrogen-bond acceptors (Lipinski definition) is 14. The SMILES string of the molecule is CC(C)[C@H](NC(=O)[C@@H]1CSSC[C@@H](NC(=O)[C@@H](N)CC(=O)O)C(=O)N[C@@H](Cc2ccccc2)C(=O)N[C@H](Cc2c[nH]c3ccccc23)C(=O)N[C@@H](CCCN)C(=O)N[C@@H](Cc2ccc(O)cc2)C(=O)N1)C(=O)O. The molecule has 5 rings (SSSR count). The number of nitrogens with two attached hydrogens (primary N) is 2. The lowest BCUT2D eigenvalue weighted by Gasteiger charge is -2.29. The third kappa shape index (κ3) is 17.3. The molecule has 1 saturated heterocycles. The van der Waals surface area contributed by atoms with Crippen LogP contribution < -0.4 is 48.7 Å². The van der Waals surface area contributed by atoms with Crippen molar-refractivity contribution in [3.8, 4) is 5.75 Å². The molecule has 24 heteroatoms. The maximum Gasteiger partial charge on any atom is 0.326 e. The fourth-order valence-electron chi connectivity index (χ4n) is 7.74. The number of para-hydroxylation sites is 1. The maximum atomic E-state index is 14.7. The molecule has 1 aliphatic heterocycles. The fraction of sp³-hybridized carbons (Fsp3) is 0.408. The van der Waals surface area contributed by atoms with E-state index >= 15 is 0 Å². The summed E-state index contributed by atoms with van der Waals surface area (Å²) in [5.41, 5.74) is 14.2. The van der Waals surface area contributed by atoms with Gasteiger partial charge in [0.15, 0.2) is 0 Å². The van der Waals surface area contributed by atoms with Crippen LogP contribution in [0.1, 0.15) is 49.8 Å². The van der Waals surface area contributed by atoms with Crippen molar-refractivity contribution in [3.63, 3.8) is 0 Å². The zero-order chi connectivity index (χ0) is 53.2. The second-order valence-corrected chi connectivity index (χ2v) is 20.3. The lowest BCUT2D eigenvalue weighted by Crippen LogP contribution is -2.61. The summed E-state index contributed by atoms with van der Waals surface area (Å²) in [6.07, 6.45) is 0.636. The van der Waals surface area contributed by atoms with Gasteiger partial charge in [0.25, 0.3) is 0 Å². The van der Waals surface area contributed by atoms with Crippen LogP contribution in [0.3, 0.4) is 0 Å². The number of rotatable bonds is 17. The molecule has 2 heterocycles. The molecular weight excluding hydrogens is 985 g/mol. The van der Waals surface area contributed by atoms with E-state index in [-0.39, 0.29) is 55.9 Å². The first kappa shape index (κ1) is 56.8. The van der Waals surface area contributed by atoms with Gasteiger partial charge in [-0.3, -0.25) is 38.4 Å². The molecule has 4 aromatic rings. The minimum Gasteiger partial charge on any atom is -0.508 e. The lowest BCUT2D eigenvalue weighted by atomic mass is 10.0. The molecule has 0 radical (unpaired) electrons. The second-order valence-electron chi connectivity index (χ2n) is 17.8. The van der Waals surface area contributed by atoms with Crippen LogP contribution in [0.2, 0.25) is 0 Å². The molecule has 73 heavy (non-hydrogen) atoms. The molecule has 0 spiro atoms. The minimum absolute atomic E-state index is 0.0318. The lowest BCUT2D eigenvalue weighted by molar-refractivity contribution is -0.143. The van der Waals surface area contributed by atoms with Crippen molar-refractivity contribution in [1.29, 1.82) is 0 Å². The van der Waals surface area contributed by atoms with Crippen LogP contribution in [0.4, 0.5) is 0 Å². The van der Waals surface area contributed by atoms with Crippen molar-refractivity contribution < 1.29 is 58.5 Å². The van der Waals surface area contributed by atoms with Gasteiger partial charge < -0.3 is 69.0 Å². The van der Waals surface area contributed by atoms with Gasteiger partial charge >= 0.3 is 11.9 Å². The van der Waals surface area contributed by atoms with Crippen LogP contribution in [0.5, 0.6) is 5.75 Å². The molecule has 3 aromatic carbocycles. The zero-order valence-corrected chi connectivity index (χ0v) is 41.8. The Morgan fingerprint density at radius 2 is 1.25 bits per heavy atom. The van der Waals surface area contributed by atoms with Gasteiger partial charge in [0.2, 0.25) is 41.4 Å². The predicted molar refractivity (Wildman–Crippen MR) is 273 cm³/mol. The topological polar surface area (TPSA) is 366 Å². The van der Waals surface area contributed by atoms with Crippen molar-refractivity contribution in [1.82, 2.24) is 42.2 Å². The molecular formula is C49H62N10O12S2. The first-order valence-electron chi connectivity index (χ1n) is 23.5. The smallest absolute Gasteiger partial charge is 0.326 e. The quantitative estimate of drug-likeness (QED) is 0.0618. The molecule has 1 aliphatic rings. The highest BCUT2D eigenvalue weighted by Crippen LogP contribution is 2.25. The Labute approximate surface area is 428 Å². The molecule has 0 unspecified atom stereocenters. The van der Waals surface area contributed by atoms with E-state index in [4.69, 9.17) is 11.5 Å². The van der Waals surface area contributed by atoms with Crippen molar-refractivity contribution >= 4 is 85.8 Å². The maximum absolute atomic E-state index is 14.7. The van der Waals surface area contributed by atoms with Crippen molar-refractivity contribution in [2.75, 3.05) is 18.1 Å². The van der Waals surface area contributed by atoms with Gasteiger partial charge in [-0.2, -0.15) is 0 Å². The summed E-state index contributed by atoms with van der Waals surface area (Å²) >= 11 is 0. The van der Waals surface area contributed by atoms with Crippen LogP contribution in [-0.4, -0.2) is 140 Å². The number of nitrogens with one attached hydrogen (secondary N) is 8. The van der Waals surface area contributed by atoms with E-state index < -0.39 is 114 Å². The summed E-state index contributed by atoms with van der Waals surface area (Å²) in [5, 5.41) is 48.5. The average Bonchev–Trinajstić information content (AvgIpc) is 3.76. The molecule has 0 bridgehead atoms. The molecule has 1 aromatic heterocycles.